The summed E-state index contributed by atoms with van der Waals surface area (Å²) in [5, 5.41) is 0.550. The second-order valence-corrected chi connectivity index (χ2v) is 6.96. The van der Waals surface area contributed by atoms with Crippen LogP contribution in [0, 0.1) is 5.92 Å². The first-order valence-corrected chi connectivity index (χ1v) is 7.35. The van der Waals surface area contributed by atoms with Gasteiger partial charge in [0.25, 0.3) is 0 Å². The van der Waals surface area contributed by atoms with Gasteiger partial charge in [-0.15, -0.1) is 6.17 Å². The van der Waals surface area contributed by atoms with Crippen molar-refractivity contribution >= 4 is 14.6 Å². The molecule has 0 rings (SSSR count). The third-order valence-corrected chi connectivity index (χ3v) is 6.14. The number of hydrogen-bond donors (Lipinski definition) is 0. The molecule has 1 heteroatoms. The van der Waals surface area contributed by atoms with Gasteiger partial charge in [0.15, 0.2) is 0 Å². The molecular formula is C11H24Si. The van der Waals surface area contributed by atoms with E-state index in [4.69, 9.17) is 0 Å². The van der Waals surface area contributed by atoms with Gasteiger partial charge in [0.05, 0.1) is 0 Å². The minimum absolute atomic E-state index is 0.395. The third-order valence-electron chi connectivity index (χ3n) is 3.44. The molecule has 0 fully saturated rings. The van der Waals surface area contributed by atoms with Crippen LogP contribution in [0.4, 0.5) is 0 Å². The van der Waals surface area contributed by atoms with Gasteiger partial charge in [0.1, 0.15) is 0 Å². The predicted octanol–water partition coefficient (Wildman–Crippen LogP) is 3.73. The van der Waals surface area contributed by atoms with E-state index in [0.717, 1.165) is 5.92 Å². The summed E-state index contributed by atoms with van der Waals surface area (Å²) in [6.45, 7) is 11.8. The smallest absolute Gasteiger partial charge is 0.00521 e. The van der Waals surface area contributed by atoms with Crippen molar-refractivity contribution < 1.29 is 0 Å². The highest BCUT2D eigenvalue weighted by Gasteiger charge is 2.29. The summed E-state index contributed by atoms with van der Waals surface area (Å²) in [5.41, 5.74) is 0. The van der Waals surface area contributed by atoms with Crippen molar-refractivity contribution in [2.45, 2.75) is 58.5 Å². The Morgan fingerprint density at radius 3 is 2.17 bits per heavy atom. The summed E-state index contributed by atoms with van der Waals surface area (Å²) in [4.78, 5) is 0. The van der Waals surface area contributed by atoms with Crippen LogP contribution in [0.3, 0.4) is 0 Å². The minimum Gasteiger partial charge on any atom is -0.118 e. The Hall–Kier alpha value is 0.0869. The van der Waals surface area contributed by atoms with Gasteiger partial charge in [0.2, 0.25) is 0 Å². The first-order chi connectivity index (χ1) is 5.49. The Bertz CT molecular complexity index is 151. The lowest BCUT2D eigenvalue weighted by atomic mass is 9.88. The van der Waals surface area contributed by atoms with E-state index in [2.05, 4.69) is 40.4 Å². The van der Waals surface area contributed by atoms with Crippen LogP contribution in [0.2, 0.25) is 11.6 Å². The van der Waals surface area contributed by atoms with Gasteiger partial charge >= 0.3 is 0 Å². The van der Waals surface area contributed by atoms with Gasteiger partial charge < -0.3 is 0 Å². The molecular weight excluding hydrogens is 160 g/mol. The first kappa shape index (κ1) is 12.1. The molecule has 0 nitrogen and oxygen atoms in total. The SMILES string of the molecule is C=[Si](C)C(C)(CCC)C(C)CC. The Morgan fingerprint density at radius 2 is 1.92 bits per heavy atom. The lowest BCUT2D eigenvalue weighted by molar-refractivity contribution is 0.368. The zero-order valence-electron chi connectivity index (χ0n) is 9.41. The highest BCUT2D eigenvalue weighted by atomic mass is 28.2. The average molecular weight is 184 g/mol. The van der Waals surface area contributed by atoms with Crippen LogP contribution in [-0.2, 0) is 0 Å². The fourth-order valence-corrected chi connectivity index (χ4v) is 3.57. The summed E-state index contributed by atoms with van der Waals surface area (Å²) >= 11 is 0. The molecule has 2 atom stereocenters. The van der Waals surface area contributed by atoms with Crippen LogP contribution in [-0.4, -0.2) is 14.6 Å². The molecule has 12 heavy (non-hydrogen) atoms. The maximum atomic E-state index is 4.30. The van der Waals surface area contributed by atoms with E-state index in [1.165, 1.54) is 19.3 Å². The standard InChI is InChI=1S/C11H24Si/c1-7-9-11(4,12(5)6)10(3)8-2/h10H,5,7-9H2,1-4,6H3. The summed E-state index contributed by atoms with van der Waals surface area (Å²) in [6, 6.07) is 0. The van der Waals surface area contributed by atoms with Crippen molar-refractivity contribution in [2.24, 2.45) is 5.92 Å². The third kappa shape index (κ3) is 2.55. The summed E-state index contributed by atoms with van der Waals surface area (Å²) in [7, 11) is -0.395. The molecule has 72 valence electrons. The van der Waals surface area contributed by atoms with E-state index in [9.17, 15) is 0 Å². The Kier molecular flexibility index (Phi) is 4.99. The molecule has 2 unspecified atom stereocenters. The van der Waals surface area contributed by atoms with Crippen molar-refractivity contribution in [1.82, 2.24) is 0 Å². The summed E-state index contributed by atoms with van der Waals surface area (Å²) in [5.74, 6) is 0.842. The fourth-order valence-electron chi connectivity index (χ4n) is 1.85. The Morgan fingerprint density at radius 1 is 1.42 bits per heavy atom. The lowest BCUT2D eigenvalue weighted by Gasteiger charge is -2.35. The first-order valence-electron chi connectivity index (χ1n) is 5.15. The highest BCUT2D eigenvalue weighted by molar-refractivity contribution is 6.63. The van der Waals surface area contributed by atoms with Gasteiger partial charge in [0, 0.05) is 8.41 Å². The Balaban J connectivity index is 4.48. The number of rotatable bonds is 5. The fraction of sp³-hybridized carbons (Fsp3) is 0.909. The Labute approximate surface area is 79.6 Å². The second-order valence-electron chi connectivity index (χ2n) is 4.26. The minimum atomic E-state index is -0.395. The zero-order valence-corrected chi connectivity index (χ0v) is 10.4. The average Bonchev–Trinajstić information content (AvgIpc) is 2.03. The van der Waals surface area contributed by atoms with E-state index in [0.29, 0.717) is 5.04 Å². The van der Waals surface area contributed by atoms with Gasteiger partial charge in [-0.25, -0.2) is 0 Å². The summed E-state index contributed by atoms with van der Waals surface area (Å²) in [6.07, 6.45) is 8.26. The molecule has 0 aliphatic carbocycles. The maximum absolute atomic E-state index is 4.30. The van der Waals surface area contributed by atoms with Crippen molar-refractivity contribution in [2.75, 3.05) is 0 Å². The van der Waals surface area contributed by atoms with Crippen molar-refractivity contribution in [3.05, 3.63) is 0 Å². The van der Waals surface area contributed by atoms with Crippen LogP contribution < -0.4 is 0 Å². The van der Waals surface area contributed by atoms with E-state index >= 15 is 0 Å². The molecule has 0 bridgehead atoms. The molecule has 0 saturated carbocycles. The molecule has 0 N–H and O–H groups in total. The second kappa shape index (κ2) is 4.96. The van der Waals surface area contributed by atoms with Crippen molar-refractivity contribution in [3.63, 3.8) is 0 Å². The normalized spacial score (nSPS) is 18.4. The molecule has 0 aromatic rings. The van der Waals surface area contributed by atoms with Gasteiger partial charge in [-0.05, 0) is 17.4 Å². The molecule has 0 radical (unpaired) electrons. The quantitative estimate of drug-likeness (QED) is 0.571. The maximum Gasteiger partial charge on any atom is 0.00521 e. The molecule has 0 aromatic heterocycles. The van der Waals surface area contributed by atoms with Crippen molar-refractivity contribution in [1.29, 1.82) is 0 Å². The van der Waals surface area contributed by atoms with Gasteiger partial charge in [-0.2, -0.15) is 0 Å². The summed E-state index contributed by atoms with van der Waals surface area (Å²) < 4.78 is 0. The zero-order chi connectivity index (χ0) is 9.78. The van der Waals surface area contributed by atoms with E-state index in [1.54, 1.807) is 0 Å². The molecule has 0 aromatic carbocycles. The van der Waals surface area contributed by atoms with Gasteiger partial charge in [-0.3, -0.25) is 0 Å². The molecule has 0 aliphatic rings. The van der Waals surface area contributed by atoms with Crippen LogP contribution in [0.15, 0.2) is 0 Å². The van der Waals surface area contributed by atoms with E-state index < -0.39 is 8.41 Å². The largest absolute Gasteiger partial charge is 0.118 e. The monoisotopic (exact) mass is 184 g/mol. The van der Waals surface area contributed by atoms with Gasteiger partial charge in [-0.1, -0.05) is 47.1 Å². The molecule has 0 heterocycles. The molecule has 0 aliphatic heterocycles. The van der Waals surface area contributed by atoms with Crippen LogP contribution >= 0.6 is 0 Å². The predicted molar refractivity (Wildman–Crippen MR) is 61.5 cm³/mol. The van der Waals surface area contributed by atoms with Crippen LogP contribution in [0.25, 0.3) is 0 Å². The van der Waals surface area contributed by atoms with Crippen LogP contribution in [0.5, 0.6) is 0 Å². The lowest BCUT2D eigenvalue weighted by Crippen LogP contribution is -2.27. The van der Waals surface area contributed by atoms with Crippen LogP contribution in [0.1, 0.15) is 47.0 Å². The topological polar surface area (TPSA) is 0 Å². The number of hydrogen-bond acceptors (Lipinski definition) is 0. The van der Waals surface area contributed by atoms with E-state index in [1.807, 2.05) is 0 Å². The highest BCUT2D eigenvalue weighted by Crippen LogP contribution is 2.41. The molecule has 0 saturated heterocycles. The molecule has 0 spiro atoms. The van der Waals surface area contributed by atoms with E-state index in [-0.39, 0.29) is 0 Å². The molecule has 0 amide bonds. The van der Waals surface area contributed by atoms with Crippen molar-refractivity contribution in [3.8, 4) is 0 Å².